The molecular formula is C19H26N4O5S. The second-order valence-corrected chi connectivity index (χ2v) is 10.1. The Hall–Kier alpha value is -2.20. The number of nitrogens with zero attached hydrogens (tertiary/aromatic N) is 4. The van der Waals surface area contributed by atoms with Crippen LogP contribution in [-0.2, 0) is 21.4 Å². The lowest BCUT2D eigenvalue weighted by atomic mass is 10.0. The van der Waals surface area contributed by atoms with Gasteiger partial charge in [-0.15, -0.1) is 0 Å². The first-order valence-electron chi connectivity index (χ1n) is 10.2. The zero-order valence-corrected chi connectivity index (χ0v) is 17.1. The SMILES string of the molecule is O=C(O)Cn1c(=O)n(C2CCN(S(=O)(=O)C3CCCCC3)CC2)c2ncccc21. The summed E-state index contributed by atoms with van der Waals surface area (Å²) in [6, 6.07) is 3.16. The summed E-state index contributed by atoms with van der Waals surface area (Å²) in [4.78, 5) is 28.4. The van der Waals surface area contributed by atoms with Crippen LogP contribution in [0.15, 0.2) is 23.1 Å². The molecule has 1 saturated heterocycles. The predicted molar refractivity (Wildman–Crippen MR) is 107 cm³/mol. The maximum absolute atomic E-state index is 13.0. The Kier molecular flexibility index (Phi) is 5.48. The predicted octanol–water partition coefficient (Wildman–Crippen LogP) is 1.58. The van der Waals surface area contributed by atoms with Gasteiger partial charge in [0.1, 0.15) is 6.54 Å². The fraction of sp³-hybridized carbons (Fsp3) is 0.632. The van der Waals surface area contributed by atoms with Gasteiger partial charge < -0.3 is 5.11 Å². The number of hydrogen-bond acceptors (Lipinski definition) is 5. The first-order valence-corrected chi connectivity index (χ1v) is 11.7. The minimum atomic E-state index is -3.31. The summed E-state index contributed by atoms with van der Waals surface area (Å²) < 4.78 is 30.3. The summed E-state index contributed by atoms with van der Waals surface area (Å²) in [7, 11) is -3.31. The smallest absolute Gasteiger partial charge is 0.331 e. The minimum absolute atomic E-state index is 0.201. The molecule has 29 heavy (non-hydrogen) atoms. The van der Waals surface area contributed by atoms with E-state index < -0.39 is 28.2 Å². The molecule has 0 amide bonds. The van der Waals surface area contributed by atoms with Crippen LogP contribution >= 0.6 is 0 Å². The van der Waals surface area contributed by atoms with Crippen molar-refractivity contribution in [2.45, 2.75) is 62.8 Å². The molecule has 2 aromatic heterocycles. The van der Waals surface area contributed by atoms with E-state index in [1.807, 2.05) is 0 Å². The fourth-order valence-electron chi connectivity index (χ4n) is 4.65. The van der Waals surface area contributed by atoms with Crippen molar-refractivity contribution >= 4 is 27.2 Å². The minimum Gasteiger partial charge on any atom is -0.480 e. The Morgan fingerprint density at radius 1 is 1.14 bits per heavy atom. The van der Waals surface area contributed by atoms with Gasteiger partial charge in [0.2, 0.25) is 10.0 Å². The molecule has 0 atom stereocenters. The number of carboxylic acids is 1. The zero-order chi connectivity index (χ0) is 20.6. The first kappa shape index (κ1) is 20.1. The second kappa shape index (κ2) is 7.91. The van der Waals surface area contributed by atoms with Crippen molar-refractivity contribution in [2.24, 2.45) is 0 Å². The highest BCUT2D eigenvalue weighted by atomic mass is 32.2. The summed E-state index contributed by atoms with van der Waals surface area (Å²) in [5, 5.41) is 8.87. The van der Waals surface area contributed by atoms with Crippen molar-refractivity contribution in [1.29, 1.82) is 0 Å². The largest absolute Gasteiger partial charge is 0.480 e. The number of hydrogen-bond donors (Lipinski definition) is 1. The van der Waals surface area contributed by atoms with Crippen molar-refractivity contribution < 1.29 is 18.3 Å². The molecular weight excluding hydrogens is 396 g/mol. The molecule has 0 bridgehead atoms. The van der Waals surface area contributed by atoms with Gasteiger partial charge in [0.25, 0.3) is 0 Å². The molecule has 1 saturated carbocycles. The molecule has 1 aliphatic carbocycles. The van der Waals surface area contributed by atoms with Crippen molar-refractivity contribution in [3.05, 3.63) is 28.8 Å². The van der Waals surface area contributed by atoms with Gasteiger partial charge in [0, 0.05) is 25.3 Å². The lowest BCUT2D eigenvalue weighted by Crippen LogP contribution is -2.45. The van der Waals surface area contributed by atoms with E-state index in [4.69, 9.17) is 5.11 Å². The van der Waals surface area contributed by atoms with Crippen LogP contribution in [0.5, 0.6) is 0 Å². The number of piperidine rings is 1. The lowest BCUT2D eigenvalue weighted by molar-refractivity contribution is -0.137. The van der Waals surface area contributed by atoms with Gasteiger partial charge in [-0.25, -0.2) is 22.5 Å². The number of carboxylic acid groups (broad SMARTS) is 1. The molecule has 2 fully saturated rings. The Labute approximate surface area is 169 Å². The van der Waals surface area contributed by atoms with Crippen molar-refractivity contribution in [3.63, 3.8) is 0 Å². The normalized spacial score (nSPS) is 20.3. The van der Waals surface area contributed by atoms with Crippen LogP contribution in [0, 0.1) is 0 Å². The van der Waals surface area contributed by atoms with Crippen LogP contribution in [-0.4, -0.2) is 56.3 Å². The number of fused-ring (bicyclic) bond motifs is 1. The van der Waals surface area contributed by atoms with Crippen molar-refractivity contribution in [1.82, 2.24) is 18.4 Å². The number of aliphatic carboxylic acids is 1. The Balaban J connectivity index is 1.57. The molecule has 0 aromatic carbocycles. The number of imidazole rings is 1. The molecule has 4 rings (SSSR count). The van der Waals surface area contributed by atoms with E-state index in [2.05, 4.69) is 4.98 Å². The van der Waals surface area contributed by atoms with Crippen LogP contribution in [0.1, 0.15) is 51.0 Å². The van der Waals surface area contributed by atoms with Gasteiger partial charge in [-0.2, -0.15) is 0 Å². The van der Waals surface area contributed by atoms with E-state index in [0.29, 0.717) is 37.1 Å². The number of pyridine rings is 1. The lowest BCUT2D eigenvalue weighted by Gasteiger charge is -2.35. The number of sulfonamides is 1. The standard InChI is InChI=1S/C19H26N4O5S/c24-17(25)13-22-16-7-4-10-20-18(16)23(19(22)26)14-8-11-21(12-9-14)29(27,28)15-5-2-1-3-6-15/h4,7,10,14-15H,1-3,5-6,8-9,11-13H2,(H,24,25). The van der Waals surface area contributed by atoms with Gasteiger partial charge in [-0.1, -0.05) is 19.3 Å². The Morgan fingerprint density at radius 3 is 2.48 bits per heavy atom. The van der Waals surface area contributed by atoms with Gasteiger partial charge in [0.05, 0.1) is 10.8 Å². The Bertz CT molecular complexity index is 1060. The molecule has 10 heteroatoms. The van der Waals surface area contributed by atoms with Crippen LogP contribution in [0.2, 0.25) is 0 Å². The molecule has 1 N–H and O–H groups in total. The Morgan fingerprint density at radius 2 is 1.83 bits per heavy atom. The quantitative estimate of drug-likeness (QED) is 0.782. The van der Waals surface area contributed by atoms with Crippen LogP contribution in [0.4, 0.5) is 0 Å². The summed E-state index contributed by atoms with van der Waals surface area (Å²) >= 11 is 0. The highest BCUT2D eigenvalue weighted by Gasteiger charge is 2.36. The summed E-state index contributed by atoms with van der Waals surface area (Å²) in [5.41, 5.74) is 0.527. The van der Waals surface area contributed by atoms with Gasteiger partial charge >= 0.3 is 11.7 Å². The maximum atomic E-state index is 13.0. The fourth-order valence-corrected chi connectivity index (χ4v) is 6.72. The zero-order valence-electron chi connectivity index (χ0n) is 16.2. The van der Waals surface area contributed by atoms with Gasteiger partial charge in [-0.05, 0) is 37.8 Å². The number of rotatable bonds is 5. The molecule has 0 unspecified atom stereocenters. The molecule has 0 spiro atoms. The monoisotopic (exact) mass is 422 g/mol. The highest BCUT2D eigenvalue weighted by molar-refractivity contribution is 7.89. The van der Waals surface area contributed by atoms with Gasteiger partial charge in [0.15, 0.2) is 5.65 Å². The molecule has 0 radical (unpaired) electrons. The number of aromatic nitrogens is 3. The molecule has 1 aliphatic heterocycles. The average Bonchev–Trinajstić information content (AvgIpc) is 3.00. The summed E-state index contributed by atoms with van der Waals surface area (Å²) in [5.74, 6) is -1.09. The van der Waals surface area contributed by atoms with Crippen LogP contribution < -0.4 is 5.69 Å². The summed E-state index contributed by atoms with van der Waals surface area (Å²) in [6.07, 6.45) is 7.08. The summed E-state index contributed by atoms with van der Waals surface area (Å²) in [6.45, 7) is 0.311. The first-order chi connectivity index (χ1) is 13.9. The van der Waals surface area contributed by atoms with E-state index in [9.17, 15) is 18.0 Å². The van der Waals surface area contributed by atoms with E-state index in [-0.39, 0.29) is 11.3 Å². The topological polar surface area (TPSA) is 114 Å². The van der Waals surface area contributed by atoms with Crippen molar-refractivity contribution in [3.8, 4) is 0 Å². The third-order valence-electron chi connectivity index (χ3n) is 6.14. The molecule has 158 valence electrons. The van der Waals surface area contributed by atoms with E-state index in [1.54, 1.807) is 27.2 Å². The van der Waals surface area contributed by atoms with E-state index >= 15 is 0 Å². The van der Waals surface area contributed by atoms with E-state index in [0.717, 1.165) is 32.1 Å². The third-order valence-corrected chi connectivity index (χ3v) is 8.54. The maximum Gasteiger partial charge on any atom is 0.331 e. The second-order valence-electron chi connectivity index (χ2n) is 7.91. The molecule has 2 aromatic rings. The molecule has 9 nitrogen and oxygen atoms in total. The average molecular weight is 423 g/mol. The number of carbonyl (C=O) groups is 1. The molecule has 2 aliphatic rings. The van der Waals surface area contributed by atoms with Gasteiger partial charge in [-0.3, -0.25) is 13.9 Å². The van der Waals surface area contributed by atoms with Crippen LogP contribution in [0.3, 0.4) is 0 Å². The third kappa shape index (κ3) is 3.71. The van der Waals surface area contributed by atoms with E-state index in [1.165, 1.54) is 4.57 Å². The van der Waals surface area contributed by atoms with Crippen molar-refractivity contribution in [2.75, 3.05) is 13.1 Å². The van der Waals surface area contributed by atoms with Crippen LogP contribution in [0.25, 0.3) is 11.2 Å². The highest BCUT2D eigenvalue weighted by Crippen LogP contribution is 2.31. The molecule has 3 heterocycles.